The molecule has 3 heteroatoms. The van der Waals surface area contributed by atoms with Gasteiger partial charge in [0.25, 0.3) is 0 Å². The Kier molecular flexibility index (Phi) is 4.60. The van der Waals surface area contributed by atoms with E-state index in [1.807, 2.05) is 42.5 Å². The first-order valence-electron chi connectivity index (χ1n) is 5.95. The number of nitrogens with zero attached hydrogens (tertiary/aromatic N) is 1. The molecule has 0 saturated heterocycles. The van der Waals surface area contributed by atoms with E-state index in [-0.39, 0.29) is 0 Å². The summed E-state index contributed by atoms with van der Waals surface area (Å²) in [5.41, 5.74) is 2.50. The normalized spacial score (nSPS) is 10.3. The number of hydrogen-bond acceptors (Lipinski definition) is 2. The van der Waals surface area contributed by atoms with Gasteiger partial charge in [-0.15, -0.1) is 0 Å². The van der Waals surface area contributed by atoms with Crippen LogP contribution in [0.3, 0.4) is 0 Å². The minimum atomic E-state index is 0.595. The summed E-state index contributed by atoms with van der Waals surface area (Å²) < 4.78 is 0. The van der Waals surface area contributed by atoms with Crippen molar-refractivity contribution in [1.82, 2.24) is 0 Å². The summed E-state index contributed by atoms with van der Waals surface area (Å²) in [7, 11) is 0. The van der Waals surface area contributed by atoms with Crippen LogP contribution in [-0.4, -0.2) is 6.54 Å². The van der Waals surface area contributed by atoms with Gasteiger partial charge in [-0.25, -0.2) is 0 Å². The predicted molar refractivity (Wildman–Crippen MR) is 80.1 cm³/mol. The van der Waals surface area contributed by atoms with Gasteiger partial charge in [-0.3, -0.25) is 0 Å². The minimum Gasteiger partial charge on any atom is -0.380 e. The van der Waals surface area contributed by atoms with Crippen molar-refractivity contribution in [3.05, 3.63) is 70.8 Å². The van der Waals surface area contributed by atoms with Crippen molar-refractivity contribution in [1.29, 1.82) is 5.26 Å². The maximum atomic E-state index is 8.99. The van der Waals surface area contributed by atoms with Gasteiger partial charge >= 0.3 is 0 Å². The van der Waals surface area contributed by atoms with Crippen LogP contribution in [0.4, 0.5) is 5.69 Å². The van der Waals surface area contributed by atoms with Crippen molar-refractivity contribution in [3.8, 4) is 6.07 Å². The fourth-order valence-electron chi connectivity index (χ4n) is 1.69. The first-order chi connectivity index (χ1) is 9.29. The number of nitriles is 1. The maximum absolute atomic E-state index is 8.99. The van der Waals surface area contributed by atoms with E-state index < -0.39 is 0 Å². The number of anilines is 1. The first-order valence-corrected chi connectivity index (χ1v) is 6.32. The smallest absolute Gasteiger partial charge is 0.101 e. The van der Waals surface area contributed by atoms with Gasteiger partial charge in [0.15, 0.2) is 0 Å². The Morgan fingerprint density at radius 2 is 1.95 bits per heavy atom. The van der Waals surface area contributed by atoms with Crippen molar-refractivity contribution >= 4 is 23.4 Å². The highest BCUT2D eigenvalue weighted by molar-refractivity contribution is 6.30. The number of benzene rings is 2. The SMILES string of the molecule is N#Cc1ccc(Cl)cc1NCC=Cc1ccccc1. The monoisotopic (exact) mass is 268 g/mol. The molecule has 0 bridgehead atoms. The van der Waals surface area contributed by atoms with Gasteiger partial charge < -0.3 is 5.32 Å². The Labute approximate surface area is 118 Å². The average molecular weight is 269 g/mol. The molecule has 94 valence electrons. The van der Waals surface area contributed by atoms with Gasteiger partial charge in [0.05, 0.1) is 11.3 Å². The van der Waals surface area contributed by atoms with Crippen LogP contribution in [0.5, 0.6) is 0 Å². The summed E-state index contributed by atoms with van der Waals surface area (Å²) in [6.07, 6.45) is 4.04. The largest absolute Gasteiger partial charge is 0.380 e. The van der Waals surface area contributed by atoms with Gasteiger partial charge in [0.1, 0.15) is 6.07 Å². The molecule has 0 heterocycles. The van der Waals surface area contributed by atoms with E-state index in [0.29, 0.717) is 17.1 Å². The van der Waals surface area contributed by atoms with E-state index in [1.54, 1.807) is 18.2 Å². The molecule has 0 atom stereocenters. The molecule has 0 spiro atoms. The standard InChI is InChI=1S/C16H13ClN2/c17-15-9-8-14(12-18)16(11-15)19-10-4-7-13-5-2-1-3-6-13/h1-9,11,19H,10H2. The van der Waals surface area contributed by atoms with E-state index in [0.717, 1.165) is 11.3 Å². The molecule has 0 amide bonds. The van der Waals surface area contributed by atoms with Gasteiger partial charge in [0.2, 0.25) is 0 Å². The van der Waals surface area contributed by atoms with Crippen LogP contribution in [0.1, 0.15) is 11.1 Å². The van der Waals surface area contributed by atoms with E-state index in [4.69, 9.17) is 16.9 Å². The Hall–Kier alpha value is -2.24. The summed E-state index contributed by atoms with van der Waals surface area (Å²) >= 11 is 5.92. The molecule has 0 aliphatic rings. The van der Waals surface area contributed by atoms with Crippen molar-refractivity contribution in [2.75, 3.05) is 11.9 Å². The predicted octanol–water partition coefficient (Wildman–Crippen LogP) is 4.34. The lowest BCUT2D eigenvalue weighted by Crippen LogP contribution is -2.00. The molecule has 0 saturated carbocycles. The molecule has 19 heavy (non-hydrogen) atoms. The third kappa shape index (κ3) is 3.87. The number of rotatable bonds is 4. The lowest BCUT2D eigenvalue weighted by Gasteiger charge is -2.05. The molecule has 1 N–H and O–H groups in total. The van der Waals surface area contributed by atoms with Crippen molar-refractivity contribution in [3.63, 3.8) is 0 Å². The second-order valence-electron chi connectivity index (χ2n) is 4.00. The van der Waals surface area contributed by atoms with E-state index in [1.165, 1.54) is 0 Å². The highest BCUT2D eigenvalue weighted by Gasteiger charge is 2.00. The molecular weight excluding hydrogens is 256 g/mol. The quantitative estimate of drug-likeness (QED) is 0.895. The van der Waals surface area contributed by atoms with E-state index in [2.05, 4.69) is 11.4 Å². The molecule has 2 aromatic carbocycles. The first kappa shape index (κ1) is 13.2. The fraction of sp³-hybridized carbons (Fsp3) is 0.0625. The third-order valence-corrected chi connectivity index (χ3v) is 2.86. The van der Waals surface area contributed by atoms with Crippen LogP contribution in [0.2, 0.25) is 5.02 Å². The van der Waals surface area contributed by atoms with Crippen LogP contribution < -0.4 is 5.32 Å². The van der Waals surface area contributed by atoms with E-state index >= 15 is 0 Å². The highest BCUT2D eigenvalue weighted by Crippen LogP contribution is 2.20. The summed E-state index contributed by atoms with van der Waals surface area (Å²) in [6, 6.07) is 17.4. The minimum absolute atomic E-state index is 0.595. The molecule has 0 aliphatic heterocycles. The summed E-state index contributed by atoms with van der Waals surface area (Å²) in [4.78, 5) is 0. The van der Waals surface area contributed by atoms with Crippen molar-refractivity contribution in [2.24, 2.45) is 0 Å². The highest BCUT2D eigenvalue weighted by atomic mass is 35.5. The number of nitrogens with one attached hydrogen (secondary N) is 1. The molecule has 2 rings (SSSR count). The van der Waals surface area contributed by atoms with Gasteiger partial charge in [-0.05, 0) is 23.8 Å². The van der Waals surface area contributed by atoms with Crippen LogP contribution in [0.15, 0.2) is 54.6 Å². The fourth-order valence-corrected chi connectivity index (χ4v) is 1.86. The zero-order valence-corrected chi connectivity index (χ0v) is 11.1. The third-order valence-electron chi connectivity index (χ3n) is 2.62. The zero-order valence-electron chi connectivity index (χ0n) is 10.3. The summed E-state index contributed by atoms with van der Waals surface area (Å²) in [5.74, 6) is 0. The van der Waals surface area contributed by atoms with Crippen LogP contribution in [0, 0.1) is 11.3 Å². The van der Waals surface area contributed by atoms with E-state index in [9.17, 15) is 0 Å². The second-order valence-corrected chi connectivity index (χ2v) is 4.43. The lowest BCUT2D eigenvalue weighted by molar-refractivity contribution is 1.33. The Morgan fingerprint density at radius 3 is 2.68 bits per heavy atom. The summed E-state index contributed by atoms with van der Waals surface area (Å²) in [5, 5.41) is 12.8. The molecule has 0 fully saturated rings. The molecule has 0 unspecified atom stereocenters. The van der Waals surface area contributed by atoms with Crippen molar-refractivity contribution in [2.45, 2.75) is 0 Å². The number of hydrogen-bond donors (Lipinski definition) is 1. The van der Waals surface area contributed by atoms with Crippen LogP contribution in [0.25, 0.3) is 6.08 Å². The Morgan fingerprint density at radius 1 is 1.16 bits per heavy atom. The second kappa shape index (κ2) is 6.63. The molecule has 0 radical (unpaired) electrons. The topological polar surface area (TPSA) is 35.8 Å². The van der Waals surface area contributed by atoms with Gasteiger partial charge in [-0.1, -0.05) is 54.1 Å². The van der Waals surface area contributed by atoms with Gasteiger partial charge in [-0.2, -0.15) is 5.26 Å². The molecular formula is C16H13ClN2. The maximum Gasteiger partial charge on any atom is 0.101 e. The van der Waals surface area contributed by atoms with Crippen LogP contribution >= 0.6 is 11.6 Å². The average Bonchev–Trinajstić information content (AvgIpc) is 2.45. The van der Waals surface area contributed by atoms with Crippen LogP contribution in [-0.2, 0) is 0 Å². The van der Waals surface area contributed by atoms with Crippen molar-refractivity contribution < 1.29 is 0 Å². The Bertz CT molecular complexity index is 612. The molecule has 0 aromatic heterocycles. The molecule has 2 aromatic rings. The summed E-state index contributed by atoms with van der Waals surface area (Å²) in [6.45, 7) is 0.643. The lowest BCUT2D eigenvalue weighted by atomic mass is 10.2. The Balaban J connectivity index is 1.98. The zero-order chi connectivity index (χ0) is 13.5. The number of halogens is 1. The molecule has 0 aliphatic carbocycles. The molecule has 2 nitrogen and oxygen atoms in total. The van der Waals surface area contributed by atoms with Gasteiger partial charge in [0, 0.05) is 11.6 Å².